The highest BCUT2D eigenvalue weighted by atomic mass is 16.5. The molecule has 2 unspecified atom stereocenters. The van der Waals surface area contributed by atoms with Gasteiger partial charge >= 0.3 is 12.2 Å². The molecule has 14 heteroatoms. The number of imidazole rings is 2. The molecule has 14 nitrogen and oxygen atoms in total. The molecule has 1 aliphatic carbocycles. The molecule has 0 spiro atoms. The normalized spacial score (nSPS) is 21.2. The molecule has 3 aliphatic rings. The van der Waals surface area contributed by atoms with Gasteiger partial charge in [0, 0.05) is 12.6 Å². The first-order chi connectivity index (χ1) is 27.0. The third-order valence-corrected chi connectivity index (χ3v) is 11.5. The fourth-order valence-corrected chi connectivity index (χ4v) is 8.54. The number of hydrogen-bond acceptors (Lipinski definition) is 8. The second-order valence-electron chi connectivity index (χ2n) is 15.4. The van der Waals surface area contributed by atoms with Crippen molar-refractivity contribution in [2.75, 3.05) is 20.8 Å². The van der Waals surface area contributed by atoms with E-state index in [1.54, 1.807) is 18.0 Å². The lowest BCUT2D eigenvalue weighted by molar-refractivity contribution is -0.139. The number of aromatic nitrogens is 4. The Hall–Kier alpha value is -5.92. The monoisotopic (exact) mass is 762 g/mol. The first kappa shape index (κ1) is 38.4. The summed E-state index contributed by atoms with van der Waals surface area (Å²) in [6, 6.07) is 14.7. The van der Waals surface area contributed by atoms with Crippen molar-refractivity contribution >= 4 is 24.0 Å². The van der Waals surface area contributed by atoms with E-state index in [1.165, 1.54) is 14.2 Å². The van der Waals surface area contributed by atoms with E-state index < -0.39 is 24.3 Å². The van der Waals surface area contributed by atoms with Gasteiger partial charge in [-0.1, -0.05) is 69.0 Å². The van der Waals surface area contributed by atoms with E-state index in [2.05, 4.69) is 68.6 Å². The van der Waals surface area contributed by atoms with Gasteiger partial charge in [-0.2, -0.15) is 0 Å². The number of hydrogen-bond donors (Lipinski definition) is 4. The summed E-state index contributed by atoms with van der Waals surface area (Å²) in [5.74, 6) is 1.33. The van der Waals surface area contributed by atoms with E-state index in [0.29, 0.717) is 23.9 Å². The maximum atomic E-state index is 13.9. The number of carbonyl (C=O) groups is 4. The lowest BCUT2D eigenvalue weighted by Crippen LogP contribution is -2.54. The summed E-state index contributed by atoms with van der Waals surface area (Å²) < 4.78 is 9.53. The summed E-state index contributed by atoms with van der Waals surface area (Å²) in [5, 5.41) is 5.35. The minimum atomic E-state index is -0.881. The van der Waals surface area contributed by atoms with Gasteiger partial charge < -0.3 is 39.9 Å². The number of alkyl carbamates (subject to hydrolysis) is 2. The number of nitrogens with zero attached hydrogens (tertiary/aromatic N) is 4. The highest BCUT2D eigenvalue weighted by Crippen LogP contribution is 2.50. The van der Waals surface area contributed by atoms with Crippen LogP contribution in [0, 0.1) is 11.8 Å². The number of H-pyrrole nitrogens is 2. The molecule has 2 aromatic carbocycles. The Morgan fingerprint density at radius 1 is 0.786 bits per heavy atom. The average Bonchev–Trinajstić information content (AvgIpc) is 4.06. The van der Waals surface area contributed by atoms with Gasteiger partial charge in [0.1, 0.15) is 23.7 Å². The molecule has 7 rings (SSSR count). The number of nitrogens with one attached hydrogen (secondary N) is 4. The molecule has 2 saturated heterocycles. The maximum Gasteiger partial charge on any atom is 0.407 e. The van der Waals surface area contributed by atoms with Crippen molar-refractivity contribution < 1.29 is 28.7 Å². The van der Waals surface area contributed by atoms with Crippen LogP contribution < -0.4 is 10.6 Å². The van der Waals surface area contributed by atoms with Gasteiger partial charge in [-0.3, -0.25) is 9.59 Å². The Labute approximate surface area is 326 Å². The largest absolute Gasteiger partial charge is 0.453 e. The molecular formula is C42H50N8O6. The standard InChI is InChI=1S/C42H50N8O6/c1-23(2)34(47-41(53)55-5)39(51)49-19-7-8-33(49)37-43-21-31(45-37)27-13-9-25(10-14-27)26-11-15-28(16-12-26)32-22-44-38(46-32)36-29-17-18-30(20-29)50(36)40(52)35(24(3)4)48-42(54)56-6/h9-16,21-22,24,29-30,33-36H,1,7-8,17-20H2,2-6H3,(H,43,45)(H,44,46)(H,47,53)(H,48,54)/t29?,30?,33-,34-,35-,36-/m0/s1. The first-order valence-electron chi connectivity index (χ1n) is 19.2. The van der Waals surface area contributed by atoms with Crippen LogP contribution in [0.4, 0.5) is 9.59 Å². The van der Waals surface area contributed by atoms with Gasteiger partial charge in [0.15, 0.2) is 0 Å². The number of fused-ring (bicyclic) bond motifs is 2. The van der Waals surface area contributed by atoms with Crippen LogP contribution in [-0.2, 0) is 19.1 Å². The third-order valence-electron chi connectivity index (χ3n) is 11.5. The Morgan fingerprint density at radius 3 is 1.91 bits per heavy atom. The molecule has 294 valence electrons. The quantitative estimate of drug-likeness (QED) is 0.125. The number of ether oxygens (including phenoxy) is 2. The minimum Gasteiger partial charge on any atom is -0.453 e. The zero-order chi connectivity index (χ0) is 39.7. The summed E-state index contributed by atoms with van der Waals surface area (Å²) in [4.78, 5) is 71.5. The van der Waals surface area contributed by atoms with Crippen LogP contribution in [0.15, 0.2) is 73.1 Å². The smallest absolute Gasteiger partial charge is 0.407 e. The van der Waals surface area contributed by atoms with Crippen LogP contribution in [0.5, 0.6) is 0 Å². The van der Waals surface area contributed by atoms with Gasteiger partial charge in [-0.05, 0) is 78.7 Å². The topological polar surface area (TPSA) is 175 Å². The van der Waals surface area contributed by atoms with E-state index in [9.17, 15) is 19.2 Å². The number of likely N-dealkylation sites (tertiary alicyclic amines) is 2. The molecule has 2 aromatic heterocycles. The first-order valence-corrected chi connectivity index (χ1v) is 19.2. The zero-order valence-corrected chi connectivity index (χ0v) is 32.5. The predicted octanol–water partition coefficient (Wildman–Crippen LogP) is 6.53. The third kappa shape index (κ3) is 7.52. The van der Waals surface area contributed by atoms with Crippen molar-refractivity contribution in [3.63, 3.8) is 0 Å². The fraction of sp³-hybridized carbons (Fsp3) is 0.429. The number of rotatable bonds is 11. The van der Waals surface area contributed by atoms with E-state index in [0.717, 1.165) is 71.6 Å². The van der Waals surface area contributed by atoms with Crippen molar-refractivity contribution in [1.82, 2.24) is 40.4 Å². The number of benzene rings is 2. The average molecular weight is 763 g/mol. The molecule has 4 heterocycles. The Morgan fingerprint density at radius 2 is 1.34 bits per heavy atom. The molecule has 6 atom stereocenters. The molecule has 0 radical (unpaired) electrons. The van der Waals surface area contributed by atoms with E-state index in [1.807, 2.05) is 37.1 Å². The molecule has 3 fully saturated rings. The van der Waals surface area contributed by atoms with Crippen LogP contribution in [0.3, 0.4) is 0 Å². The van der Waals surface area contributed by atoms with Crippen LogP contribution in [0.2, 0.25) is 0 Å². The Balaban J connectivity index is 1.02. The molecule has 4 N–H and O–H groups in total. The predicted molar refractivity (Wildman–Crippen MR) is 210 cm³/mol. The lowest BCUT2D eigenvalue weighted by Gasteiger charge is -2.37. The van der Waals surface area contributed by atoms with Gasteiger partial charge in [0.2, 0.25) is 11.8 Å². The summed E-state index contributed by atoms with van der Waals surface area (Å²) in [6.07, 6.45) is 6.81. The van der Waals surface area contributed by atoms with Crippen LogP contribution >= 0.6 is 0 Å². The van der Waals surface area contributed by atoms with Crippen LogP contribution in [0.25, 0.3) is 33.6 Å². The van der Waals surface area contributed by atoms with Crippen molar-refractivity contribution in [3.8, 4) is 33.6 Å². The molecular weight excluding hydrogens is 713 g/mol. The van der Waals surface area contributed by atoms with Gasteiger partial charge in [0.25, 0.3) is 0 Å². The van der Waals surface area contributed by atoms with Crippen molar-refractivity contribution in [3.05, 3.63) is 84.7 Å². The number of aromatic amines is 2. The van der Waals surface area contributed by atoms with Crippen molar-refractivity contribution in [2.45, 2.75) is 83.1 Å². The highest BCUT2D eigenvalue weighted by molar-refractivity contribution is 5.89. The van der Waals surface area contributed by atoms with Crippen molar-refractivity contribution in [2.24, 2.45) is 11.8 Å². The van der Waals surface area contributed by atoms with Crippen LogP contribution in [-0.4, -0.2) is 92.6 Å². The Kier molecular flexibility index (Phi) is 11.0. The summed E-state index contributed by atoms with van der Waals surface area (Å²) >= 11 is 0. The molecule has 1 saturated carbocycles. The molecule has 4 amide bonds. The van der Waals surface area contributed by atoms with Gasteiger partial charge in [-0.15, -0.1) is 0 Å². The molecule has 2 bridgehead atoms. The number of carbonyl (C=O) groups excluding carboxylic acids is 4. The second kappa shape index (κ2) is 16.0. The zero-order valence-electron chi connectivity index (χ0n) is 32.5. The number of amides is 4. The van der Waals surface area contributed by atoms with E-state index in [4.69, 9.17) is 14.5 Å². The summed E-state index contributed by atoms with van der Waals surface area (Å²) in [5.41, 5.74) is 6.30. The fourth-order valence-electron chi connectivity index (χ4n) is 8.54. The lowest BCUT2D eigenvalue weighted by atomic mass is 9.95. The highest BCUT2D eigenvalue weighted by Gasteiger charge is 2.51. The van der Waals surface area contributed by atoms with Gasteiger partial charge in [0.05, 0.1) is 50.1 Å². The number of piperidine rings is 1. The second-order valence-corrected chi connectivity index (χ2v) is 15.4. The molecule has 56 heavy (non-hydrogen) atoms. The van der Waals surface area contributed by atoms with E-state index >= 15 is 0 Å². The molecule has 2 aliphatic heterocycles. The van der Waals surface area contributed by atoms with E-state index in [-0.39, 0.29) is 35.9 Å². The number of methoxy groups -OCH3 is 2. The van der Waals surface area contributed by atoms with Gasteiger partial charge in [-0.25, -0.2) is 19.6 Å². The van der Waals surface area contributed by atoms with Crippen molar-refractivity contribution in [1.29, 1.82) is 0 Å². The SMILES string of the molecule is C=C(C)[C@H](NC(=O)OC)C(=O)N1CCC[C@H]1c1ncc(-c2ccc(-c3ccc(-c4cnc([C@@H]5C6CCC(C6)N5C(=O)[C@@H](NC(=O)OC)C(C)C)[nH]4)cc3)cc2)[nH]1. The Bertz CT molecular complexity index is 2090. The summed E-state index contributed by atoms with van der Waals surface area (Å²) in [7, 11) is 2.56. The summed E-state index contributed by atoms with van der Waals surface area (Å²) in [6.45, 7) is 10.0. The minimum absolute atomic E-state index is 0.0975. The maximum absolute atomic E-state index is 13.9. The van der Waals surface area contributed by atoms with Crippen LogP contribution in [0.1, 0.15) is 76.6 Å². The molecule has 4 aromatic rings.